The number of amides is 1. The minimum Gasteiger partial charge on any atom is -0.484 e. The quantitative estimate of drug-likeness (QED) is 0.556. The lowest BCUT2D eigenvalue weighted by atomic mass is 10.2. The van der Waals surface area contributed by atoms with Crippen LogP contribution < -0.4 is 4.74 Å². The van der Waals surface area contributed by atoms with Crippen LogP contribution in [-0.2, 0) is 14.6 Å². The molecule has 1 atom stereocenters. The average molecular weight is 368 g/mol. The van der Waals surface area contributed by atoms with Crippen LogP contribution in [0, 0.1) is 17.0 Å². The Morgan fingerprint density at radius 2 is 2.04 bits per heavy atom. The van der Waals surface area contributed by atoms with Crippen LogP contribution in [0.3, 0.4) is 0 Å². The third-order valence-electron chi connectivity index (χ3n) is 4.56. The van der Waals surface area contributed by atoms with Crippen molar-refractivity contribution in [1.82, 2.24) is 4.90 Å². The van der Waals surface area contributed by atoms with Gasteiger partial charge in [0.15, 0.2) is 16.4 Å². The third-order valence-corrected chi connectivity index (χ3v) is 6.31. The van der Waals surface area contributed by atoms with E-state index in [-0.39, 0.29) is 41.8 Å². The Bertz CT molecular complexity index is 803. The number of benzene rings is 1. The number of ether oxygens (including phenoxy) is 1. The molecule has 0 N–H and O–H groups in total. The van der Waals surface area contributed by atoms with Crippen LogP contribution in [0.5, 0.6) is 5.75 Å². The highest BCUT2D eigenvalue weighted by Gasteiger charge is 2.42. The number of nitro benzene ring substituents is 1. The van der Waals surface area contributed by atoms with E-state index in [1.165, 1.54) is 18.2 Å². The van der Waals surface area contributed by atoms with Crippen LogP contribution in [0.25, 0.3) is 0 Å². The largest absolute Gasteiger partial charge is 0.484 e. The predicted molar refractivity (Wildman–Crippen MR) is 90.3 cm³/mol. The first-order chi connectivity index (χ1) is 11.8. The molecule has 1 aliphatic heterocycles. The summed E-state index contributed by atoms with van der Waals surface area (Å²) in [4.78, 5) is 24.6. The molecule has 1 aliphatic carbocycles. The molecule has 2 aliphatic rings. The minimum absolute atomic E-state index is 0.00514. The summed E-state index contributed by atoms with van der Waals surface area (Å²) < 4.78 is 28.9. The minimum atomic E-state index is -3.06. The Labute approximate surface area is 145 Å². The van der Waals surface area contributed by atoms with Crippen molar-refractivity contribution in [3.8, 4) is 5.75 Å². The molecular weight excluding hydrogens is 348 g/mol. The number of nitro groups is 1. The zero-order chi connectivity index (χ0) is 18.2. The molecule has 1 aromatic carbocycles. The van der Waals surface area contributed by atoms with Crippen molar-refractivity contribution in [2.45, 2.75) is 38.3 Å². The van der Waals surface area contributed by atoms with Gasteiger partial charge in [0.1, 0.15) is 5.75 Å². The van der Waals surface area contributed by atoms with Crippen molar-refractivity contribution in [1.29, 1.82) is 0 Å². The molecule has 8 nitrogen and oxygen atoms in total. The number of carbonyl (C=O) groups excluding carboxylic acids is 1. The van der Waals surface area contributed by atoms with E-state index in [0.717, 1.165) is 12.8 Å². The summed E-state index contributed by atoms with van der Waals surface area (Å²) in [6.07, 6.45) is 2.25. The lowest BCUT2D eigenvalue weighted by Crippen LogP contribution is -2.45. The van der Waals surface area contributed by atoms with Crippen molar-refractivity contribution in [3.63, 3.8) is 0 Å². The smallest absolute Gasteiger partial charge is 0.272 e. The van der Waals surface area contributed by atoms with Gasteiger partial charge >= 0.3 is 0 Å². The van der Waals surface area contributed by atoms with Crippen LogP contribution in [0.4, 0.5) is 5.69 Å². The Hall–Kier alpha value is -2.16. The summed E-state index contributed by atoms with van der Waals surface area (Å²) in [5, 5.41) is 10.8. The second-order valence-corrected chi connectivity index (χ2v) is 8.81. The van der Waals surface area contributed by atoms with Gasteiger partial charge in [-0.25, -0.2) is 8.42 Å². The lowest BCUT2D eigenvalue weighted by molar-refractivity contribution is -0.385. The molecule has 9 heteroatoms. The molecule has 25 heavy (non-hydrogen) atoms. The van der Waals surface area contributed by atoms with Crippen LogP contribution >= 0.6 is 0 Å². The van der Waals surface area contributed by atoms with Gasteiger partial charge in [-0.15, -0.1) is 0 Å². The molecule has 0 spiro atoms. The molecular formula is C16H20N2O6S. The van der Waals surface area contributed by atoms with Gasteiger partial charge in [-0.05, 0) is 38.3 Å². The Morgan fingerprint density at radius 1 is 1.32 bits per heavy atom. The zero-order valence-corrected chi connectivity index (χ0v) is 14.7. The molecule has 1 saturated heterocycles. The first kappa shape index (κ1) is 17.7. The van der Waals surface area contributed by atoms with E-state index in [4.69, 9.17) is 4.74 Å². The van der Waals surface area contributed by atoms with Crippen LogP contribution in [0.2, 0.25) is 0 Å². The number of carbonyl (C=O) groups is 1. The predicted octanol–water partition coefficient (Wildman–Crippen LogP) is 1.46. The molecule has 0 bridgehead atoms. The third kappa shape index (κ3) is 4.09. The van der Waals surface area contributed by atoms with Crippen molar-refractivity contribution < 1.29 is 22.9 Å². The molecule has 1 amide bonds. The number of rotatable bonds is 6. The van der Waals surface area contributed by atoms with Crippen molar-refractivity contribution in [2.24, 2.45) is 0 Å². The highest BCUT2D eigenvalue weighted by Crippen LogP contribution is 2.32. The van der Waals surface area contributed by atoms with Crippen molar-refractivity contribution >= 4 is 21.4 Å². The van der Waals surface area contributed by atoms with Gasteiger partial charge in [-0.2, -0.15) is 0 Å². The maximum absolute atomic E-state index is 12.6. The van der Waals surface area contributed by atoms with Gasteiger partial charge in [-0.3, -0.25) is 14.9 Å². The van der Waals surface area contributed by atoms with Gasteiger partial charge in [0.25, 0.3) is 11.6 Å². The van der Waals surface area contributed by atoms with E-state index in [0.29, 0.717) is 17.7 Å². The summed E-state index contributed by atoms with van der Waals surface area (Å²) in [5.41, 5.74) is 0.449. The summed E-state index contributed by atoms with van der Waals surface area (Å²) in [7, 11) is -3.06. The van der Waals surface area contributed by atoms with Crippen molar-refractivity contribution in [3.05, 3.63) is 33.9 Å². The number of hydrogen-bond donors (Lipinski definition) is 0. The summed E-state index contributed by atoms with van der Waals surface area (Å²) in [6.45, 7) is 1.40. The fourth-order valence-electron chi connectivity index (χ4n) is 3.20. The van der Waals surface area contributed by atoms with E-state index >= 15 is 0 Å². The number of sulfone groups is 1. The van der Waals surface area contributed by atoms with Crippen LogP contribution in [0.15, 0.2) is 18.2 Å². The average Bonchev–Trinajstić information content (AvgIpc) is 3.29. The first-order valence-corrected chi connectivity index (χ1v) is 9.98. The van der Waals surface area contributed by atoms with Crippen LogP contribution in [0.1, 0.15) is 24.8 Å². The summed E-state index contributed by atoms with van der Waals surface area (Å²) in [6, 6.07) is 4.16. The molecule has 0 aromatic heterocycles. The first-order valence-electron chi connectivity index (χ1n) is 8.16. The molecule has 2 fully saturated rings. The molecule has 1 heterocycles. The number of nitrogens with zero attached hydrogens (tertiary/aromatic N) is 2. The van der Waals surface area contributed by atoms with E-state index in [2.05, 4.69) is 0 Å². The maximum atomic E-state index is 12.6. The maximum Gasteiger partial charge on any atom is 0.272 e. The van der Waals surface area contributed by atoms with Gasteiger partial charge in [0, 0.05) is 23.7 Å². The summed E-state index contributed by atoms with van der Waals surface area (Å²) in [5.74, 6) is 0.287. The lowest BCUT2D eigenvalue weighted by Gasteiger charge is -2.28. The Morgan fingerprint density at radius 3 is 2.56 bits per heavy atom. The molecule has 1 unspecified atom stereocenters. The topological polar surface area (TPSA) is 107 Å². The fourth-order valence-corrected chi connectivity index (χ4v) is 4.91. The molecule has 1 saturated carbocycles. The van der Waals surface area contributed by atoms with Crippen molar-refractivity contribution in [2.75, 3.05) is 18.1 Å². The normalized spacial score (nSPS) is 21.7. The summed E-state index contributed by atoms with van der Waals surface area (Å²) >= 11 is 0. The van der Waals surface area contributed by atoms with Gasteiger partial charge in [0.05, 0.1) is 16.4 Å². The zero-order valence-electron chi connectivity index (χ0n) is 13.9. The van der Waals surface area contributed by atoms with E-state index in [1.807, 2.05) is 0 Å². The standard InChI is InChI=1S/C16H20N2O6S/c1-11-8-14(4-5-15(11)18(20)21)24-9-16(19)17(12-2-3-12)13-6-7-25(22,23)10-13/h4-5,8,12-13H,2-3,6-7,9-10H2,1H3. The van der Waals surface area contributed by atoms with E-state index in [1.54, 1.807) is 11.8 Å². The highest BCUT2D eigenvalue weighted by molar-refractivity contribution is 7.91. The van der Waals surface area contributed by atoms with Gasteiger partial charge < -0.3 is 9.64 Å². The second-order valence-electron chi connectivity index (χ2n) is 6.58. The Kier molecular flexibility index (Phi) is 4.68. The fraction of sp³-hybridized carbons (Fsp3) is 0.562. The molecule has 136 valence electrons. The molecule has 1 aromatic rings. The highest BCUT2D eigenvalue weighted by atomic mass is 32.2. The van der Waals surface area contributed by atoms with E-state index < -0.39 is 14.8 Å². The number of hydrogen-bond acceptors (Lipinski definition) is 6. The van der Waals surface area contributed by atoms with E-state index in [9.17, 15) is 23.3 Å². The molecule has 0 radical (unpaired) electrons. The molecule has 3 rings (SSSR count). The monoisotopic (exact) mass is 368 g/mol. The van der Waals surface area contributed by atoms with Crippen LogP contribution in [-0.4, -0.2) is 54.3 Å². The van der Waals surface area contributed by atoms with Gasteiger partial charge in [0.2, 0.25) is 0 Å². The SMILES string of the molecule is Cc1cc(OCC(=O)N(C2CC2)C2CCS(=O)(=O)C2)ccc1[N+](=O)[O-]. The second kappa shape index (κ2) is 6.62. The van der Waals surface area contributed by atoms with Gasteiger partial charge in [-0.1, -0.05) is 0 Å². The number of aryl methyl sites for hydroxylation is 1. The Balaban J connectivity index is 1.64.